The number of hydrogen-bond donors (Lipinski definition) is 0. The average molecular weight is 232 g/mol. The fourth-order valence-electron chi connectivity index (χ4n) is 2.29. The quantitative estimate of drug-likeness (QED) is 0.731. The minimum atomic E-state index is 0.278. The van der Waals surface area contributed by atoms with Crippen molar-refractivity contribution in [1.82, 2.24) is 0 Å². The lowest BCUT2D eigenvalue weighted by molar-refractivity contribution is 0.0373. The molecule has 1 unspecified atom stereocenters. The summed E-state index contributed by atoms with van der Waals surface area (Å²) in [5.41, 5.74) is 4.63. The van der Waals surface area contributed by atoms with Crippen LogP contribution < -0.4 is 0 Å². The highest BCUT2D eigenvalue weighted by molar-refractivity contribution is 5.43. The molecule has 0 bridgehead atoms. The first kappa shape index (κ1) is 12.6. The highest BCUT2D eigenvalue weighted by Gasteiger charge is 2.29. The van der Waals surface area contributed by atoms with E-state index in [1.807, 2.05) is 0 Å². The third-order valence-corrected chi connectivity index (χ3v) is 4.09. The van der Waals surface area contributed by atoms with Crippen LogP contribution in [0.4, 0.5) is 0 Å². The molecule has 2 rings (SSSR count). The maximum absolute atomic E-state index is 5.85. The van der Waals surface area contributed by atoms with Crippen molar-refractivity contribution in [2.24, 2.45) is 0 Å². The lowest BCUT2D eigenvalue weighted by atomic mass is 9.76. The normalized spacial score (nSPS) is 18.7. The zero-order valence-electron chi connectivity index (χ0n) is 11.5. The molecule has 0 heterocycles. The number of ether oxygens (including phenoxy) is 1. The van der Waals surface area contributed by atoms with Crippen molar-refractivity contribution < 1.29 is 4.74 Å². The molecule has 0 aliphatic heterocycles. The Labute approximate surface area is 105 Å². The van der Waals surface area contributed by atoms with Gasteiger partial charge in [-0.05, 0) is 34.9 Å². The fourth-order valence-corrected chi connectivity index (χ4v) is 2.29. The van der Waals surface area contributed by atoms with Crippen molar-refractivity contribution in [1.29, 1.82) is 0 Å². The first-order valence-electron chi connectivity index (χ1n) is 6.83. The van der Waals surface area contributed by atoms with E-state index < -0.39 is 0 Å². The smallest absolute Gasteiger partial charge is 0.0868 e. The summed E-state index contributed by atoms with van der Waals surface area (Å²) in [4.78, 5) is 0. The molecule has 94 valence electrons. The number of benzene rings is 1. The summed E-state index contributed by atoms with van der Waals surface area (Å²) in [6.07, 6.45) is 3.73. The van der Waals surface area contributed by atoms with Crippen molar-refractivity contribution in [3.05, 3.63) is 34.9 Å². The number of fused-ring (bicyclic) bond motifs is 1. The van der Waals surface area contributed by atoms with Crippen LogP contribution in [0.5, 0.6) is 0 Å². The van der Waals surface area contributed by atoms with Gasteiger partial charge in [-0.2, -0.15) is 0 Å². The largest absolute Gasteiger partial charge is 0.373 e. The first-order valence-corrected chi connectivity index (χ1v) is 6.83. The van der Waals surface area contributed by atoms with Gasteiger partial charge in [-0.15, -0.1) is 0 Å². The second kappa shape index (κ2) is 4.81. The van der Waals surface area contributed by atoms with Gasteiger partial charge in [-0.25, -0.2) is 0 Å². The Kier molecular flexibility index (Phi) is 3.58. The third kappa shape index (κ3) is 2.40. The van der Waals surface area contributed by atoms with E-state index in [0.29, 0.717) is 6.10 Å². The highest BCUT2D eigenvalue weighted by Crippen LogP contribution is 2.39. The maximum atomic E-state index is 5.85. The van der Waals surface area contributed by atoms with Gasteiger partial charge < -0.3 is 4.74 Å². The van der Waals surface area contributed by atoms with Crippen molar-refractivity contribution in [3.63, 3.8) is 0 Å². The molecule has 1 aromatic rings. The molecule has 1 nitrogen and oxygen atoms in total. The van der Waals surface area contributed by atoms with Crippen LogP contribution in [-0.4, -0.2) is 6.61 Å². The SMILES string of the molecule is CCCOC1Cc2ccc(C(C)(C)CC)cc21. The molecule has 1 aliphatic rings. The van der Waals surface area contributed by atoms with Gasteiger partial charge in [0.05, 0.1) is 6.10 Å². The molecule has 17 heavy (non-hydrogen) atoms. The topological polar surface area (TPSA) is 9.23 Å². The zero-order valence-corrected chi connectivity index (χ0v) is 11.5. The van der Waals surface area contributed by atoms with E-state index in [0.717, 1.165) is 19.4 Å². The monoisotopic (exact) mass is 232 g/mol. The van der Waals surface area contributed by atoms with E-state index in [2.05, 4.69) is 45.9 Å². The van der Waals surface area contributed by atoms with Crippen LogP contribution in [0.15, 0.2) is 18.2 Å². The Balaban J connectivity index is 2.17. The fraction of sp³-hybridized carbons (Fsp3) is 0.625. The Morgan fingerprint density at radius 2 is 2.06 bits per heavy atom. The number of hydrogen-bond acceptors (Lipinski definition) is 1. The Morgan fingerprint density at radius 1 is 1.29 bits per heavy atom. The van der Waals surface area contributed by atoms with E-state index in [1.54, 1.807) is 0 Å². The van der Waals surface area contributed by atoms with Crippen LogP contribution in [-0.2, 0) is 16.6 Å². The highest BCUT2D eigenvalue weighted by atomic mass is 16.5. The molecule has 1 heteroatoms. The minimum absolute atomic E-state index is 0.278. The van der Waals surface area contributed by atoms with Gasteiger partial charge in [0.25, 0.3) is 0 Å². The van der Waals surface area contributed by atoms with Crippen LogP contribution in [0.1, 0.15) is 63.3 Å². The van der Waals surface area contributed by atoms with Crippen molar-refractivity contribution in [2.75, 3.05) is 6.61 Å². The van der Waals surface area contributed by atoms with Crippen LogP contribution in [0.25, 0.3) is 0 Å². The third-order valence-electron chi connectivity index (χ3n) is 4.09. The molecule has 1 aliphatic carbocycles. The second-order valence-electron chi connectivity index (χ2n) is 5.71. The predicted octanol–water partition coefficient (Wildman–Crippen LogP) is 4.40. The zero-order chi connectivity index (χ0) is 12.5. The summed E-state index contributed by atoms with van der Waals surface area (Å²) in [7, 11) is 0. The van der Waals surface area contributed by atoms with Crippen LogP contribution >= 0.6 is 0 Å². The molecule has 0 N–H and O–H groups in total. The Hall–Kier alpha value is -0.820. The van der Waals surface area contributed by atoms with E-state index in [1.165, 1.54) is 23.1 Å². The van der Waals surface area contributed by atoms with E-state index in [4.69, 9.17) is 4.74 Å². The molecule has 0 fully saturated rings. The standard InChI is InChI=1S/C16H24O/c1-5-9-17-15-10-12-7-8-13(11-14(12)15)16(3,4)6-2/h7-8,11,15H,5-6,9-10H2,1-4H3. The van der Waals surface area contributed by atoms with Crippen molar-refractivity contribution >= 4 is 0 Å². The molecule has 0 saturated carbocycles. The molecule has 0 amide bonds. The summed E-state index contributed by atoms with van der Waals surface area (Å²) in [6, 6.07) is 6.94. The van der Waals surface area contributed by atoms with Gasteiger partial charge >= 0.3 is 0 Å². The van der Waals surface area contributed by atoms with Crippen molar-refractivity contribution in [2.45, 2.75) is 58.5 Å². The van der Waals surface area contributed by atoms with Crippen molar-refractivity contribution in [3.8, 4) is 0 Å². The second-order valence-corrected chi connectivity index (χ2v) is 5.71. The summed E-state index contributed by atoms with van der Waals surface area (Å²) >= 11 is 0. The van der Waals surface area contributed by atoms with E-state index >= 15 is 0 Å². The minimum Gasteiger partial charge on any atom is -0.373 e. The van der Waals surface area contributed by atoms with Crippen LogP contribution in [0.2, 0.25) is 0 Å². The summed E-state index contributed by atoms with van der Waals surface area (Å²) in [6.45, 7) is 9.93. The average Bonchev–Trinajstić information content (AvgIpc) is 2.30. The van der Waals surface area contributed by atoms with E-state index in [-0.39, 0.29) is 5.41 Å². The molecule has 0 saturated heterocycles. The molecule has 0 radical (unpaired) electrons. The van der Waals surface area contributed by atoms with Gasteiger partial charge in [0, 0.05) is 13.0 Å². The predicted molar refractivity (Wildman–Crippen MR) is 72.4 cm³/mol. The summed E-state index contributed by atoms with van der Waals surface area (Å²) in [5.74, 6) is 0. The molecule has 0 spiro atoms. The van der Waals surface area contributed by atoms with Gasteiger partial charge in [-0.1, -0.05) is 45.9 Å². The first-order chi connectivity index (χ1) is 8.08. The van der Waals surface area contributed by atoms with Crippen LogP contribution in [0.3, 0.4) is 0 Å². The number of rotatable bonds is 5. The van der Waals surface area contributed by atoms with Gasteiger partial charge in [0.15, 0.2) is 0 Å². The molecular weight excluding hydrogens is 208 g/mol. The van der Waals surface area contributed by atoms with Crippen LogP contribution in [0, 0.1) is 0 Å². The summed E-state index contributed by atoms with van der Waals surface area (Å²) in [5, 5.41) is 0. The Bertz CT molecular complexity index is 393. The Morgan fingerprint density at radius 3 is 2.71 bits per heavy atom. The molecule has 0 aromatic heterocycles. The van der Waals surface area contributed by atoms with Gasteiger partial charge in [0.2, 0.25) is 0 Å². The van der Waals surface area contributed by atoms with Gasteiger partial charge in [-0.3, -0.25) is 0 Å². The van der Waals surface area contributed by atoms with E-state index in [9.17, 15) is 0 Å². The molecule has 1 aromatic carbocycles. The van der Waals surface area contributed by atoms with Gasteiger partial charge in [0.1, 0.15) is 0 Å². The lowest BCUT2D eigenvalue weighted by Gasteiger charge is -2.33. The summed E-state index contributed by atoms with van der Waals surface area (Å²) < 4.78 is 5.85. The lowest BCUT2D eigenvalue weighted by Crippen LogP contribution is -2.23. The molecule has 1 atom stereocenters. The maximum Gasteiger partial charge on any atom is 0.0868 e. The molecular formula is C16H24O.